The fourth-order valence-corrected chi connectivity index (χ4v) is 10.7. The van der Waals surface area contributed by atoms with Crippen LogP contribution in [-0.4, -0.2) is 89.8 Å². The monoisotopic (exact) mass is 819 g/mol. The van der Waals surface area contributed by atoms with Gasteiger partial charge in [-0.1, -0.05) is 38.8 Å². The summed E-state index contributed by atoms with van der Waals surface area (Å²) in [5.74, 6) is -0.875. The number of amides is 4. The van der Waals surface area contributed by atoms with E-state index in [1.165, 1.54) is 4.90 Å². The Morgan fingerprint density at radius 1 is 1.03 bits per heavy atom. The number of carbonyl (C=O) groups is 4. The largest absolute Gasteiger partial charge is 0.497 e. The lowest BCUT2D eigenvalue weighted by molar-refractivity contribution is -0.141. The Morgan fingerprint density at radius 3 is 2.52 bits per heavy atom. The molecule has 0 unspecified atom stereocenters. The smallest absolute Gasteiger partial charge is 0.408 e. The van der Waals surface area contributed by atoms with E-state index in [9.17, 15) is 27.6 Å². The molecular weight excluding hydrogens is 763 g/mol. The van der Waals surface area contributed by atoms with E-state index in [-0.39, 0.29) is 31.4 Å². The van der Waals surface area contributed by atoms with E-state index in [1.807, 2.05) is 44.2 Å². The highest BCUT2D eigenvalue weighted by Crippen LogP contribution is 2.49. The van der Waals surface area contributed by atoms with Gasteiger partial charge in [0.05, 0.1) is 29.6 Å². The van der Waals surface area contributed by atoms with Gasteiger partial charge in [0.25, 0.3) is 5.91 Å². The Balaban J connectivity index is 1.14. The Labute approximate surface area is 340 Å². The van der Waals surface area contributed by atoms with Crippen molar-refractivity contribution in [1.82, 2.24) is 25.2 Å². The van der Waals surface area contributed by atoms with Gasteiger partial charge in [0.15, 0.2) is 0 Å². The molecule has 314 valence electrons. The predicted molar refractivity (Wildman–Crippen MR) is 216 cm³/mol. The van der Waals surface area contributed by atoms with Crippen LogP contribution in [0.1, 0.15) is 128 Å². The number of aryl methyl sites for hydroxylation is 1. The van der Waals surface area contributed by atoms with Crippen LogP contribution in [0.5, 0.6) is 11.5 Å². The number of pyridine rings is 1. The van der Waals surface area contributed by atoms with Gasteiger partial charge in [-0.3, -0.25) is 19.1 Å². The molecule has 3 saturated carbocycles. The van der Waals surface area contributed by atoms with Gasteiger partial charge in [-0.2, -0.15) is 0 Å². The van der Waals surface area contributed by atoms with E-state index in [4.69, 9.17) is 19.2 Å². The normalized spacial score (nSPS) is 30.2. The summed E-state index contributed by atoms with van der Waals surface area (Å²) in [5, 5.41) is 6.77. The first-order valence-electron chi connectivity index (χ1n) is 21.2. The zero-order valence-corrected chi connectivity index (χ0v) is 34.9. The number of nitrogens with one attached hydrogen (secondary N) is 3. The lowest BCUT2D eigenvalue weighted by atomic mass is 9.86. The number of nitrogens with zero attached hydrogens (tertiary/aromatic N) is 2. The minimum Gasteiger partial charge on any atom is -0.497 e. The van der Waals surface area contributed by atoms with Crippen LogP contribution in [-0.2, 0) is 35.6 Å². The molecule has 5 atom stereocenters. The topological polar surface area (TPSA) is 182 Å². The van der Waals surface area contributed by atoms with Gasteiger partial charge in [-0.25, -0.2) is 18.2 Å². The second-order valence-electron chi connectivity index (χ2n) is 18.0. The van der Waals surface area contributed by atoms with E-state index < -0.39 is 67.7 Å². The first-order chi connectivity index (χ1) is 27.7. The van der Waals surface area contributed by atoms with Crippen LogP contribution in [0.25, 0.3) is 10.9 Å². The molecule has 1 saturated heterocycles. The third-order valence-electron chi connectivity index (χ3n) is 13.5. The first-order valence-corrected chi connectivity index (χ1v) is 22.7. The van der Waals surface area contributed by atoms with Crippen molar-refractivity contribution in [2.45, 2.75) is 157 Å². The first kappa shape index (κ1) is 40.4. The summed E-state index contributed by atoms with van der Waals surface area (Å²) in [5.41, 5.74) is 0.0810. The van der Waals surface area contributed by atoms with Gasteiger partial charge in [-0.05, 0) is 108 Å². The fourth-order valence-electron chi connectivity index (χ4n) is 9.39. The van der Waals surface area contributed by atoms with Gasteiger partial charge in [0.1, 0.15) is 40.8 Å². The molecule has 1 aromatic heterocycles. The number of sulfonamides is 1. The van der Waals surface area contributed by atoms with Crippen molar-refractivity contribution in [2.24, 2.45) is 5.92 Å². The Bertz CT molecular complexity index is 2130. The van der Waals surface area contributed by atoms with Gasteiger partial charge < -0.3 is 29.7 Å². The number of ether oxygens (including phenoxy) is 3. The molecule has 3 N–H and O–H groups in total. The summed E-state index contributed by atoms with van der Waals surface area (Å²) in [6.07, 6.45) is 12.2. The maximum absolute atomic E-state index is 14.9. The zero-order valence-electron chi connectivity index (χ0n) is 34.1. The molecule has 2 aromatic rings. The van der Waals surface area contributed by atoms with Crippen LogP contribution in [0.3, 0.4) is 0 Å². The van der Waals surface area contributed by atoms with Crippen LogP contribution >= 0.6 is 0 Å². The summed E-state index contributed by atoms with van der Waals surface area (Å²) >= 11 is 0. The summed E-state index contributed by atoms with van der Waals surface area (Å²) in [6.45, 7) is 5.76. The second kappa shape index (κ2) is 15.3. The van der Waals surface area contributed by atoms with E-state index >= 15 is 0 Å². The number of hydrogen-bond donors (Lipinski definition) is 3. The molecule has 4 heterocycles. The average molecular weight is 820 g/mol. The van der Waals surface area contributed by atoms with Gasteiger partial charge >= 0.3 is 6.09 Å². The summed E-state index contributed by atoms with van der Waals surface area (Å²) in [7, 11) is -2.37. The van der Waals surface area contributed by atoms with E-state index in [0.717, 1.165) is 60.7 Å². The lowest BCUT2D eigenvalue weighted by Crippen LogP contribution is -2.58. The third kappa shape index (κ3) is 7.63. The van der Waals surface area contributed by atoms with Gasteiger partial charge in [0, 0.05) is 23.3 Å². The third-order valence-corrected chi connectivity index (χ3v) is 15.6. The molecule has 4 amide bonds. The molecule has 3 aliphatic carbocycles. The number of hydrogen-bond acceptors (Lipinski definition) is 10. The number of aromatic nitrogens is 1. The molecular formula is C43H57N5O9S. The minimum atomic E-state index is -3.99. The van der Waals surface area contributed by atoms with Crippen molar-refractivity contribution in [3.63, 3.8) is 0 Å². The van der Waals surface area contributed by atoms with Crippen LogP contribution in [0.15, 0.2) is 30.4 Å². The highest BCUT2D eigenvalue weighted by atomic mass is 32.2. The Kier molecular flexibility index (Phi) is 10.7. The quantitative estimate of drug-likeness (QED) is 0.304. The minimum absolute atomic E-state index is 0.000872. The van der Waals surface area contributed by atoms with Gasteiger partial charge in [0.2, 0.25) is 21.8 Å². The van der Waals surface area contributed by atoms with Gasteiger partial charge in [-0.15, -0.1) is 0 Å². The highest BCUT2D eigenvalue weighted by Gasteiger charge is 2.64. The van der Waals surface area contributed by atoms with Crippen molar-refractivity contribution >= 4 is 44.7 Å². The second-order valence-corrected chi connectivity index (χ2v) is 20.2. The van der Waals surface area contributed by atoms with Crippen molar-refractivity contribution in [2.75, 3.05) is 13.7 Å². The number of allylic oxidation sites excluding steroid dienone is 1. The number of methoxy groups -OCH3 is 1. The summed E-state index contributed by atoms with van der Waals surface area (Å²) in [6, 6.07) is 3.73. The molecule has 14 nitrogen and oxygen atoms in total. The van der Waals surface area contributed by atoms with Crippen LogP contribution < -0.4 is 24.8 Å². The SMILES string of the molecule is COc1ccc2nc(C(C)C)c3c(c2c1)CC[C@]1(C[C@H]2C(=O)N[C@]4(C(=O)NS(=O)(=O)C5(C)CC5)C[C@H]4/C=C\CCCCC[C@H](NC(=O)OC4CCCC4)C(=O)N2C1)O3. The lowest BCUT2D eigenvalue weighted by Gasteiger charge is -2.37. The number of alkyl carbamates (subject to hydrolysis) is 1. The molecule has 0 radical (unpaired) electrons. The standard InChI is InChI=1S/C43H57N5O9S/c1-26(2)35-36-30(31-22-29(55-4)16-17-32(31)44-35)18-19-42(57-36)24-34-37(49)46-43(39(51)47-58(53,54)41(3)20-21-41)23-27(43)12-8-6-5-7-9-15-33(38(50)48(34)25-42)45-40(52)56-28-13-10-11-14-28/h8,12,16-17,22,26-28,33-34H,5-7,9-11,13-15,18-21,23-25H2,1-4H3,(H,45,52)(H,46,49)(H,47,51)/b12-8-/t27-,33+,34+,42-,43-/m1/s1. The van der Waals surface area contributed by atoms with Crippen molar-refractivity contribution in [3.05, 3.63) is 41.6 Å². The molecule has 0 bridgehead atoms. The molecule has 6 aliphatic rings. The van der Waals surface area contributed by atoms with Crippen LogP contribution in [0.4, 0.5) is 4.79 Å². The number of rotatable bonds is 7. The number of fused-ring (bicyclic) bond motifs is 5. The molecule has 8 rings (SSSR count). The molecule has 15 heteroatoms. The van der Waals surface area contributed by atoms with E-state index in [1.54, 1.807) is 14.0 Å². The van der Waals surface area contributed by atoms with Crippen molar-refractivity contribution < 1.29 is 41.8 Å². The van der Waals surface area contributed by atoms with Crippen LogP contribution in [0, 0.1) is 5.92 Å². The van der Waals surface area contributed by atoms with Crippen LogP contribution in [0.2, 0.25) is 0 Å². The molecule has 3 aliphatic heterocycles. The maximum atomic E-state index is 14.9. The highest BCUT2D eigenvalue weighted by molar-refractivity contribution is 7.91. The van der Waals surface area contributed by atoms with Crippen molar-refractivity contribution in [3.8, 4) is 11.5 Å². The Hall–Kier alpha value is -4.40. The van der Waals surface area contributed by atoms with E-state index in [0.29, 0.717) is 56.4 Å². The average Bonchev–Trinajstić information content (AvgIpc) is 3.99. The zero-order chi connectivity index (χ0) is 41.0. The Morgan fingerprint density at radius 2 is 1.79 bits per heavy atom. The summed E-state index contributed by atoms with van der Waals surface area (Å²) < 4.78 is 46.2. The molecule has 1 aromatic carbocycles. The molecule has 4 fully saturated rings. The van der Waals surface area contributed by atoms with Crippen molar-refractivity contribution in [1.29, 1.82) is 0 Å². The predicted octanol–water partition coefficient (Wildman–Crippen LogP) is 5.46. The molecule has 58 heavy (non-hydrogen) atoms. The number of benzene rings is 1. The number of carbonyl (C=O) groups excluding carboxylic acids is 4. The summed E-state index contributed by atoms with van der Waals surface area (Å²) in [4.78, 5) is 63.6. The maximum Gasteiger partial charge on any atom is 0.408 e. The fraction of sp³-hybridized carbons (Fsp3) is 0.651. The molecule has 1 spiro atoms. The van der Waals surface area contributed by atoms with E-state index in [2.05, 4.69) is 15.4 Å².